The average Bonchev–Trinajstić information content (AvgIpc) is 2.61. The molecule has 0 aliphatic heterocycles. The molecule has 8 heteroatoms. The molecule has 0 aromatic heterocycles. The Bertz CT molecular complexity index is 826. The van der Waals surface area contributed by atoms with E-state index >= 15 is 0 Å². The van der Waals surface area contributed by atoms with Crippen LogP contribution in [0.1, 0.15) is 15.9 Å². The van der Waals surface area contributed by atoms with Crippen LogP contribution in [0.2, 0.25) is 0 Å². The SMILES string of the molecule is COC(=O)NCC(=O)Nc1ccc(Br)cc1C(=O)c1ccccc1F. The first-order valence-corrected chi connectivity index (χ1v) is 7.92. The maximum Gasteiger partial charge on any atom is 0.407 e. The van der Waals surface area contributed by atoms with E-state index in [-0.39, 0.29) is 23.4 Å². The van der Waals surface area contributed by atoms with Crippen molar-refractivity contribution in [2.75, 3.05) is 19.0 Å². The first-order valence-electron chi connectivity index (χ1n) is 7.13. The average molecular weight is 409 g/mol. The predicted octanol–water partition coefficient (Wildman–Crippen LogP) is 3.11. The molecular weight excluding hydrogens is 395 g/mol. The van der Waals surface area contributed by atoms with Gasteiger partial charge in [0.25, 0.3) is 0 Å². The van der Waals surface area contributed by atoms with Crippen LogP contribution in [0.25, 0.3) is 0 Å². The number of ether oxygens (including phenoxy) is 1. The maximum atomic E-state index is 13.9. The predicted molar refractivity (Wildman–Crippen MR) is 93.0 cm³/mol. The lowest BCUT2D eigenvalue weighted by molar-refractivity contribution is -0.115. The summed E-state index contributed by atoms with van der Waals surface area (Å²) >= 11 is 3.25. The minimum absolute atomic E-state index is 0.108. The van der Waals surface area contributed by atoms with Gasteiger partial charge in [0, 0.05) is 10.0 Å². The van der Waals surface area contributed by atoms with Crippen LogP contribution in [-0.4, -0.2) is 31.4 Å². The molecule has 0 saturated carbocycles. The van der Waals surface area contributed by atoms with Crippen LogP contribution in [0.15, 0.2) is 46.9 Å². The fraction of sp³-hybridized carbons (Fsp3) is 0.118. The first-order chi connectivity index (χ1) is 11.9. The lowest BCUT2D eigenvalue weighted by Crippen LogP contribution is -2.33. The topological polar surface area (TPSA) is 84.5 Å². The van der Waals surface area contributed by atoms with Crippen molar-refractivity contribution in [3.63, 3.8) is 0 Å². The number of ketones is 1. The van der Waals surface area contributed by atoms with Gasteiger partial charge in [-0.25, -0.2) is 9.18 Å². The Labute approximate surface area is 151 Å². The largest absolute Gasteiger partial charge is 0.453 e. The molecule has 0 spiro atoms. The highest BCUT2D eigenvalue weighted by atomic mass is 79.9. The van der Waals surface area contributed by atoms with E-state index in [4.69, 9.17) is 0 Å². The lowest BCUT2D eigenvalue weighted by atomic mass is 10.0. The summed E-state index contributed by atoms with van der Waals surface area (Å²) in [6, 6.07) is 10.2. The van der Waals surface area contributed by atoms with E-state index in [1.807, 2.05) is 0 Å². The molecule has 0 unspecified atom stereocenters. The molecule has 0 radical (unpaired) electrons. The minimum Gasteiger partial charge on any atom is -0.453 e. The van der Waals surface area contributed by atoms with Gasteiger partial charge in [0.15, 0.2) is 5.78 Å². The number of benzene rings is 2. The van der Waals surface area contributed by atoms with E-state index in [0.29, 0.717) is 4.47 Å². The number of methoxy groups -OCH3 is 1. The van der Waals surface area contributed by atoms with Gasteiger partial charge in [-0.05, 0) is 30.3 Å². The Morgan fingerprint density at radius 1 is 1.12 bits per heavy atom. The van der Waals surface area contributed by atoms with Crippen LogP contribution in [-0.2, 0) is 9.53 Å². The zero-order valence-electron chi connectivity index (χ0n) is 13.1. The van der Waals surface area contributed by atoms with E-state index in [0.717, 1.165) is 0 Å². The van der Waals surface area contributed by atoms with Crippen molar-refractivity contribution in [2.45, 2.75) is 0 Å². The lowest BCUT2D eigenvalue weighted by Gasteiger charge is -2.12. The zero-order valence-corrected chi connectivity index (χ0v) is 14.7. The molecule has 2 aromatic rings. The Hall–Kier alpha value is -2.74. The molecule has 0 saturated heterocycles. The first kappa shape index (κ1) is 18.6. The number of carbonyl (C=O) groups is 3. The summed E-state index contributed by atoms with van der Waals surface area (Å²) in [5.74, 6) is -1.79. The molecule has 0 bridgehead atoms. The number of hydrogen-bond donors (Lipinski definition) is 2. The van der Waals surface area contributed by atoms with Crippen molar-refractivity contribution >= 4 is 39.4 Å². The summed E-state index contributed by atoms with van der Waals surface area (Å²) in [5.41, 5.74) is 0.211. The summed E-state index contributed by atoms with van der Waals surface area (Å²) in [6.45, 7) is -0.337. The van der Waals surface area contributed by atoms with Gasteiger partial charge in [0.05, 0.1) is 18.4 Å². The van der Waals surface area contributed by atoms with Crippen molar-refractivity contribution in [3.8, 4) is 0 Å². The quantitative estimate of drug-likeness (QED) is 0.744. The number of hydrogen-bond acceptors (Lipinski definition) is 4. The Balaban J connectivity index is 2.26. The second-order valence-electron chi connectivity index (χ2n) is 4.89. The molecule has 25 heavy (non-hydrogen) atoms. The van der Waals surface area contributed by atoms with Crippen molar-refractivity contribution in [1.82, 2.24) is 5.32 Å². The monoisotopic (exact) mass is 408 g/mol. The van der Waals surface area contributed by atoms with Gasteiger partial charge in [-0.1, -0.05) is 28.1 Å². The van der Waals surface area contributed by atoms with E-state index in [9.17, 15) is 18.8 Å². The van der Waals surface area contributed by atoms with Gasteiger partial charge < -0.3 is 15.4 Å². The van der Waals surface area contributed by atoms with Crippen LogP contribution >= 0.6 is 15.9 Å². The Kier molecular flexibility index (Phi) is 6.24. The highest BCUT2D eigenvalue weighted by Gasteiger charge is 2.19. The number of anilines is 1. The normalized spacial score (nSPS) is 10.0. The fourth-order valence-electron chi connectivity index (χ4n) is 2.02. The van der Waals surface area contributed by atoms with Crippen LogP contribution in [0.4, 0.5) is 14.9 Å². The molecule has 0 atom stereocenters. The highest BCUT2D eigenvalue weighted by molar-refractivity contribution is 9.10. The number of alkyl carbamates (subject to hydrolysis) is 1. The van der Waals surface area contributed by atoms with Crippen LogP contribution in [0, 0.1) is 5.82 Å². The maximum absolute atomic E-state index is 13.9. The number of halogens is 2. The summed E-state index contributed by atoms with van der Waals surface area (Å²) in [6.07, 6.45) is -0.756. The number of nitrogens with one attached hydrogen (secondary N) is 2. The van der Waals surface area contributed by atoms with Crippen molar-refractivity contribution in [3.05, 3.63) is 63.9 Å². The third kappa shape index (κ3) is 4.87. The highest BCUT2D eigenvalue weighted by Crippen LogP contribution is 2.25. The summed E-state index contributed by atoms with van der Waals surface area (Å²) in [4.78, 5) is 35.5. The molecule has 2 amide bonds. The molecular formula is C17H14BrFN2O4. The molecule has 0 heterocycles. The van der Waals surface area contributed by atoms with Crippen LogP contribution < -0.4 is 10.6 Å². The molecule has 2 rings (SSSR count). The molecule has 0 aliphatic carbocycles. The molecule has 130 valence electrons. The van der Waals surface area contributed by atoms with Crippen molar-refractivity contribution in [1.29, 1.82) is 0 Å². The molecule has 0 fully saturated rings. The van der Waals surface area contributed by atoms with Gasteiger partial charge >= 0.3 is 6.09 Å². The van der Waals surface area contributed by atoms with Gasteiger partial charge in [-0.3, -0.25) is 9.59 Å². The van der Waals surface area contributed by atoms with Crippen LogP contribution in [0.3, 0.4) is 0 Å². The fourth-order valence-corrected chi connectivity index (χ4v) is 2.38. The third-order valence-electron chi connectivity index (χ3n) is 3.20. The van der Waals surface area contributed by atoms with Crippen molar-refractivity contribution < 1.29 is 23.5 Å². The molecule has 6 nitrogen and oxygen atoms in total. The van der Waals surface area contributed by atoms with Gasteiger partial charge in [-0.15, -0.1) is 0 Å². The van der Waals surface area contributed by atoms with Gasteiger partial charge in [0.1, 0.15) is 12.4 Å². The Morgan fingerprint density at radius 2 is 1.84 bits per heavy atom. The van der Waals surface area contributed by atoms with E-state index in [2.05, 4.69) is 31.3 Å². The third-order valence-corrected chi connectivity index (χ3v) is 3.69. The molecule has 0 aliphatic rings. The second-order valence-corrected chi connectivity index (χ2v) is 5.81. The number of rotatable bonds is 5. The second kappa shape index (κ2) is 8.39. The molecule has 2 aromatic carbocycles. The van der Waals surface area contributed by atoms with E-state index < -0.39 is 23.6 Å². The number of carbonyl (C=O) groups excluding carboxylic acids is 3. The zero-order chi connectivity index (χ0) is 18.4. The summed E-state index contributed by atoms with van der Waals surface area (Å²) in [7, 11) is 1.17. The van der Waals surface area contributed by atoms with E-state index in [1.165, 1.54) is 37.4 Å². The Morgan fingerprint density at radius 3 is 2.52 bits per heavy atom. The number of amides is 2. The molecule has 2 N–H and O–H groups in total. The van der Waals surface area contributed by atoms with Gasteiger partial charge in [0.2, 0.25) is 5.91 Å². The minimum atomic E-state index is -0.756. The summed E-state index contributed by atoms with van der Waals surface area (Å²) in [5, 5.41) is 4.74. The van der Waals surface area contributed by atoms with Crippen LogP contribution in [0.5, 0.6) is 0 Å². The van der Waals surface area contributed by atoms with Gasteiger partial charge in [-0.2, -0.15) is 0 Å². The smallest absolute Gasteiger partial charge is 0.407 e. The van der Waals surface area contributed by atoms with Crippen molar-refractivity contribution in [2.24, 2.45) is 0 Å². The standard InChI is InChI=1S/C17H14BrFN2O4/c1-25-17(24)20-9-15(22)21-14-7-6-10(18)8-12(14)16(23)11-4-2-3-5-13(11)19/h2-8H,9H2,1H3,(H,20,24)(H,21,22). The summed E-state index contributed by atoms with van der Waals surface area (Å²) < 4.78 is 18.9. The van der Waals surface area contributed by atoms with E-state index in [1.54, 1.807) is 12.1 Å².